The fraction of sp³-hybridized carbons (Fsp3) is 0.588. The van der Waals surface area contributed by atoms with Crippen LogP contribution in [0.5, 0.6) is 0 Å². The first-order valence-corrected chi connectivity index (χ1v) is 9.59. The molecular formula is C17H27N3O3S. The normalized spacial score (nSPS) is 17.2. The van der Waals surface area contributed by atoms with Crippen LogP contribution in [-0.2, 0) is 10.2 Å². The van der Waals surface area contributed by atoms with Gasteiger partial charge in [-0.1, -0.05) is 17.7 Å². The molecule has 1 fully saturated rings. The molecule has 134 valence electrons. The minimum Gasteiger partial charge on any atom is -0.337 e. The van der Waals surface area contributed by atoms with Crippen LogP contribution in [-0.4, -0.2) is 68.1 Å². The smallest absolute Gasteiger partial charge is 0.281 e. The first kappa shape index (κ1) is 18.9. The topological polar surface area (TPSA) is 60.9 Å². The summed E-state index contributed by atoms with van der Waals surface area (Å²) in [5.41, 5.74) is 3.82. The van der Waals surface area contributed by atoms with Crippen molar-refractivity contribution in [2.75, 3.05) is 40.3 Å². The van der Waals surface area contributed by atoms with Gasteiger partial charge < -0.3 is 4.90 Å². The third kappa shape index (κ3) is 3.79. The molecule has 7 heteroatoms. The Morgan fingerprint density at radius 2 is 1.58 bits per heavy atom. The lowest BCUT2D eigenvalue weighted by Crippen LogP contribution is -2.42. The Kier molecular flexibility index (Phi) is 5.67. The molecular weight excluding hydrogens is 326 g/mol. The van der Waals surface area contributed by atoms with Gasteiger partial charge in [-0.3, -0.25) is 4.79 Å². The number of nitrogens with zero attached hydrogens (tertiary/aromatic N) is 3. The van der Waals surface area contributed by atoms with Gasteiger partial charge in [0, 0.05) is 45.8 Å². The van der Waals surface area contributed by atoms with Crippen LogP contribution in [0.1, 0.15) is 33.5 Å². The zero-order chi connectivity index (χ0) is 18.1. The van der Waals surface area contributed by atoms with Crippen molar-refractivity contribution in [1.82, 2.24) is 13.5 Å². The molecule has 1 aliphatic rings. The second-order valence-corrected chi connectivity index (χ2v) is 8.75. The standard InChI is InChI=1S/C17H27N3O3S/c1-13-11-14(2)16(15(3)12-13)17(21)19-7-6-8-20(10-9-19)24(22,23)18(4)5/h11-12H,6-10H2,1-5H3. The Labute approximate surface area is 145 Å². The molecule has 6 nitrogen and oxygen atoms in total. The van der Waals surface area contributed by atoms with Crippen molar-refractivity contribution in [2.24, 2.45) is 0 Å². The van der Waals surface area contributed by atoms with Crippen LogP contribution in [0.4, 0.5) is 0 Å². The molecule has 1 heterocycles. The summed E-state index contributed by atoms with van der Waals surface area (Å²) in [6.45, 7) is 7.68. The highest BCUT2D eigenvalue weighted by atomic mass is 32.2. The zero-order valence-electron chi connectivity index (χ0n) is 15.2. The quantitative estimate of drug-likeness (QED) is 0.829. The number of hydrogen-bond donors (Lipinski definition) is 0. The number of carbonyl (C=O) groups excluding carboxylic acids is 1. The van der Waals surface area contributed by atoms with E-state index in [2.05, 4.69) is 0 Å². The highest BCUT2D eigenvalue weighted by Crippen LogP contribution is 2.20. The van der Waals surface area contributed by atoms with Crippen LogP contribution < -0.4 is 0 Å². The molecule has 0 atom stereocenters. The van der Waals surface area contributed by atoms with E-state index in [4.69, 9.17) is 0 Å². The summed E-state index contributed by atoms with van der Waals surface area (Å²) in [5, 5.41) is 0. The Morgan fingerprint density at radius 3 is 2.12 bits per heavy atom. The predicted molar refractivity (Wildman–Crippen MR) is 95.4 cm³/mol. The number of rotatable bonds is 3. The largest absolute Gasteiger partial charge is 0.337 e. The van der Waals surface area contributed by atoms with Gasteiger partial charge in [0.05, 0.1) is 0 Å². The third-order valence-corrected chi connectivity index (χ3v) is 6.36. The predicted octanol–water partition coefficient (Wildman–Crippen LogP) is 1.57. The van der Waals surface area contributed by atoms with Gasteiger partial charge in [0.15, 0.2) is 0 Å². The summed E-state index contributed by atoms with van der Waals surface area (Å²) in [6.07, 6.45) is 0.642. The highest BCUT2D eigenvalue weighted by molar-refractivity contribution is 7.86. The van der Waals surface area contributed by atoms with E-state index in [1.165, 1.54) is 22.7 Å². The zero-order valence-corrected chi connectivity index (χ0v) is 16.0. The Morgan fingerprint density at radius 1 is 1.00 bits per heavy atom. The first-order valence-electron chi connectivity index (χ1n) is 8.19. The van der Waals surface area contributed by atoms with Gasteiger partial charge in [0.1, 0.15) is 0 Å². The molecule has 0 spiro atoms. The van der Waals surface area contributed by atoms with Crippen LogP contribution in [0, 0.1) is 20.8 Å². The molecule has 0 saturated carbocycles. The van der Waals surface area contributed by atoms with Crippen molar-refractivity contribution in [2.45, 2.75) is 27.2 Å². The van der Waals surface area contributed by atoms with Crippen molar-refractivity contribution in [1.29, 1.82) is 0 Å². The summed E-state index contributed by atoms with van der Waals surface area (Å²) in [6, 6.07) is 4.03. The van der Waals surface area contributed by atoms with Crippen LogP contribution in [0.15, 0.2) is 12.1 Å². The lowest BCUT2D eigenvalue weighted by Gasteiger charge is -2.25. The van der Waals surface area contributed by atoms with E-state index in [0.717, 1.165) is 22.3 Å². The van der Waals surface area contributed by atoms with E-state index in [-0.39, 0.29) is 5.91 Å². The van der Waals surface area contributed by atoms with Crippen molar-refractivity contribution in [3.05, 3.63) is 34.4 Å². The third-order valence-electron chi connectivity index (χ3n) is 4.42. The maximum Gasteiger partial charge on any atom is 0.281 e. The van der Waals surface area contributed by atoms with Crippen LogP contribution in [0.25, 0.3) is 0 Å². The van der Waals surface area contributed by atoms with E-state index < -0.39 is 10.2 Å². The summed E-state index contributed by atoms with van der Waals surface area (Å²) in [5.74, 6) is -0.00546. The number of aryl methyl sites for hydroxylation is 3. The van der Waals surface area contributed by atoms with Crippen molar-refractivity contribution >= 4 is 16.1 Å². The Balaban J connectivity index is 2.19. The molecule has 1 aromatic rings. The fourth-order valence-electron chi connectivity index (χ4n) is 3.23. The maximum absolute atomic E-state index is 12.9. The molecule has 24 heavy (non-hydrogen) atoms. The second-order valence-electron chi connectivity index (χ2n) is 6.61. The summed E-state index contributed by atoms with van der Waals surface area (Å²) in [7, 11) is -0.370. The number of benzene rings is 1. The summed E-state index contributed by atoms with van der Waals surface area (Å²) >= 11 is 0. The number of carbonyl (C=O) groups is 1. The molecule has 0 unspecified atom stereocenters. The fourth-order valence-corrected chi connectivity index (χ4v) is 4.37. The molecule has 0 aromatic heterocycles. The van der Waals surface area contributed by atoms with Gasteiger partial charge in [-0.25, -0.2) is 0 Å². The monoisotopic (exact) mass is 353 g/mol. The maximum atomic E-state index is 12.9. The van der Waals surface area contributed by atoms with Gasteiger partial charge in [-0.2, -0.15) is 17.0 Å². The lowest BCUT2D eigenvalue weighted by atomic mass is 9.98. The molecule has 1 amide bonds. The van der Waals surface area contributed by atoms with Crippen molar-refractivity contribution < 1.29 is 13.2 Å². The minimum atomic E-state index is -3.43. The molecule has 0 bridgehead atoms. The van der Waals surface area contributed by atoms with Crippen molar-refractivity contribution in [3.63, 3.8) is 0 Å². The Hall–Kier alpha value is -1.44. The molecule has 0 radical (unpaired) electrons. The average molecular weight is 353 g/mol. The van der Waals surface area contributed by atoms with Crippen LogP contribution in [0.3, 0.4) is 0 Å². The summed E-state index contributed by atoms with van der Waals surface area (Å²) in [4.78, 5) is 14.7. The molecule has 0 N–H and O–H groups in total. The number of amides is 1. The van der Waals surface area contributed by atoms with E-state index in [1.54, 1.807) is 4.90 Å². The van der Waals surface area contributed by atoms with Crippen LogP contribution >= 0.6 is 0 Å². The molecule has 1 aliphatic heterocycles. The SMILES string of the molecule is Cc1cc(C)c(C(=O)N2CCCN(S(=O)(=O)N(C)C)CC2)c(C)c1. The Bertz CT molecular complexity index is 706. The van der Waals surface area contributed by atoms with Gasteiger partial charge in [0.25, 0.3) is 16.1 Å². The van der Waals surface area contributed by atoms with E-state index in [0.29, 0.717) is 32.6 Å². The second kappa shape index (κ2) is 7.21. The lowest BCUT2D eigenvalue weighted by molar-refractivity contribution is 0.0762. The van der Waals surface area contributed by atoms with E-state index >= 15 is 0 Å². The van der Waals surface area contributed by atoms with Gasteiger partial charge >= 0.3 is 0 Å². The van der Waals surface area contributed by atoms with E-state index in [1.807, 2.05) is 32.9 Å². The van der Waals surface area contributed by atoms with E-state index in [9.17, 15) is 13.2 Å². The molecule has 1 saturated heterocycles. The van der Waals surface area contributed by atoms with Gasteiger partial charge in [-0.05, 0) is 38.3 Å². The van der Waals surface area contributed by atoms with Crippen molar-refractivity contribution in [3.8, 4) is 0 Å². The first-order chi connectivity index (χ1) is 11.1. The summed E-state index contributed by atoms with van der Waals surface area (Å²) < 4.78 is 27.2. The minimum absolute atomic E-state index is 0.00546. The van der Waals surface area contributed by atoms with Crippen LogP contribution in [0.2, 0.25) is 0 Å². The molecule has 1 aromatic carbocycles. The molecule has 2 rings (SSSR count). The van der Waals surface area contributed by atoms with Gasteiger partial charge in [0.2, 0.25) is 0 Å². The van der Waals surface area contributed by atoms with Gasteiger partial charge in [-0.15, -0.1) is 0 Å². The number of hydrogen-bond acceptors (Lipinski definition) is 3. The molecule has 0 aliphatic carbocycles. The highest BCUT2D eigenvalue weighted by Gasteiger charge is 2.29. The average Bonchev–Trinajstić information content (AvgIpc) is 2.72.